The second kappa shape index (κ2) is 6.91. The monoisotopic (exact) mass is 383 g/mol. The molecule has 0 aromatic heterocycles. The van der Waals surface area contributed by atoms with E-state index in [0.717, 1.165) is 4.47 Å². The topological polar surface area (TPSA) is 66.8 Å². The van der Waals surface area contributed by atoms with Crippen LogP contribution >= 0.6 is 15.9 Å². The van der Waals surface area contributed by atoms with Gasteiger partial charge in [-0.05, 0) is 51.8 Å². The van der Waals surface area contributed by atoms with E-state index >= 15 is 0 Å². The molecule has 1 aliphatic heterocycles. The van der Waals surface area contributed by atoms with Gasteiger partial charge >= 0.3 is 5.97 Å². The summed E-state index contributed by atoms with van der Waals surface area (Å²) < 4.78 is 6.58. The number of aliphatic carboxylic acids is 1. The summed E-state index contributed by atoms with van der Waals surface area (Å²) >= 11 is 3.39. The lowest BCUT2D eigenvalue weighted by Crippen LogP contribution is -2.48. The number of carboxylic acids is 1. The molecule has 0 bridgehead atoms. The zero-order valence-corrected chi connectivity index (χ0v) is 15.2. The van der Waals surface area contributed by atoms with Crippen LogP contribution < -0.4 is 4.74 Å². The summed E-state index contributed by atoms with van der Waals surface area (Å²) in [6.07, 6.45) is 1.22. The molecule has 1 aliphatic rings. The Bertz CT molecular complexity index is 617. The molecule has 1 aromatic rings. The number of halogens is 1. The highest BCUT2D eigenvalue weighted by molar-refractivity contribution is 9.10. The molecular weight excluding hydrogens is 362 g/mol. The van der Waals surface area contributed by atoms with Crippen molar-refractivity contribution >= 4 is 27.8 Å². The van der Waals surface area contributed by atoms with E-state index in [4.69, 9.17) is 4.74 Å². The Kier molecular flexibility index (Phi) is 5.34. The molecule has 1 heterocycles. The number of piperidine rings is 1. The van der Waals surface area contributed by atoms with Gasteiger partial charge in [0.25, 0.3) is 5.91 Å². The number of hydrogen-bond donors (Lipinski definition) is 1. The van der Waals surface area contributed by atoms with Crippen LogP contribution in [0, 0.1) is 5.41 Å². The fourth-order valence-corrected chi connectivity index (χ4v) is 3.12. The minimum Gasteiger partial charge on any atom is -0.490 e. The first-order valence-electron chi connectivity index (χ1n) is 7.72. The summed E-state index contributed by atoms with van der Waals surface area (Å²) in [6.45, 7) is 6.29. The lowest BCUT2D eigenvalue weighted by atomic mass is 9.82. The van der Waals surface area contributed by atoms with Crippen LogP contribution in [0.2, 0.25) is 0 Å². The fourth-order valence-electron chi connectivity index (χ4n) is 2.78. The minimum atomic E-state index is -0.887. The third kappa shape index (κ3) is 4.05. The lowest BCUT2D eigenvalue weighted by molar-refractivity contribution is -0.150. The molecular formula is C17H22BrNO4. The SMILES string of the molecule is CC(C)Oc1cc(Br)ccc1C(=O)N1CCCC(C)(C(=O)O)C1. The summed E-state index contributed by atoms with van der Waals surface area (Å²) in [6, 6.07) is 5.28. The van der Waals surface area contributed by atoms with E-state index in [-0.39, 0.29) is 18.6 Å². The number of ether oxygens (including phenoxy) is 1. The number of hydrogen-bond acceptors (Lipinski definition) is 3. The number of rotatable bonds is 4. The van der Waals surface area contributed by atoms with Crippen LogP contribution in [0.5, 0.6) is 5.75 Å². The molecule has 23 heavy (non-hydrogen) atoms. The second-order valence-corrected chi connectivity index (χ2v) is 7.42. The van der Waals surface area contributed by atoms with Gasteiger partial charge in [-0.2, -0.15) is 0 Å². The number of nitrogens with zero attached hydrogens (tertiary/aromatic N) is 1. The molecule has 1 aromatic carbocycles. The normalized spacial score (nSPS) is 21.3. The number of benzene rings is 1. The molecule has 1 N–H and O–H groups in total. The fraction of sp³-hybridized carbons (Fsp3) is 0.529. The lowest BCUT2D eigenvalue weighted by Gasteiger charge is -2.37. The standard InChI is InChI=1S/C17H22BrNO4/c1-11(2)23-14-9-12(18)5-6-13(14)15(20)19-8-4-7-17(3,10-19)16(21)22/h5-6,9,11H,4,7-8,10H2,1-3H3,(H,21,22). The van der Waals surface area contributed by atoms with Crippen LogP contribution in [0.25, 0.3) is 0 Å². The van der Waals surface area contributed by atoms with E-state index in [9.17, 15) is 14.7 Å². The quantitative estimate of drug-likeness (QED) is 0.862. The van der Waals surface area contributed by atoms with Crippen molar-refractivity contribution in [1.29, 1.82) is 0 Å². The van der Waals surface area contributed by atoms with Gasteiger partial charge in [0.2, 0.25) is 0 Å². The van der Waals surface area contributed by atoms with Gasteiger partial charge in [-0.25, -0.2) is 0 Å². The maximum absolute atomic E-state index is 12.9. The summed E-state index contributed by atoms with van der Waals surface area (Å²) in [4.78, 5) is 25.9. The first-order chi connectivity index (χ1) is 10.7. The molecule has 126 valence electrons. The molecule has 6 heteroatoms. The molecule has 1 amide bonds. The largest absolute Gasteiger partial charge is 0.490 e. The van der Waals surface area contributed by atoms with E-state index in [1.807, 2.05) is 13.8 Å². The Morgan fingerprint density at radius 2 is 2.09 bits per heavy atom. The van der Waals surface area contributed by atoms with Crippen molar-refractivity contribution in [3.63, 3.8) is 0 Å². The van der Waals surface area contributed by atoms with Crippen LogP contribution in [0.1, 0.15) is 44.0 Å². The highest BCUT2D eigenvalue weighted by Gasteiger charge is 2.39. The van der Waals surface area contributed by atoms with Crippen molar-refractivity contribution in [1.82, 2.24) is 4.90 Å². The van der Waals surface area contributed by atoms with E-state index < -0.39 is 11.4 Å². The predicted octanol–water partition coefficient (Wildman–Crippen LogP) is 3.56. The van der Waals surface area contributed by atoms with Gasteiger partial charge in [0.1, 0.15) is 5.75 Å². The zero-order chi connectivity index (χ0) is 17.2. The number of carbonyl (C=O) groups excluding carboxylic acids is 1. The van der Waals surface area contributed by atoms with E-state index in [0.29, 0.717) is 30.7 Å². The molecule has 1 atom stereocenters. The molecule has 0 saturated carbocycles. The van der Waals surface area contributed by atoms with Gasteiger partial charge in [-0.3, -0.25) is 9.59 Å². The molecule has 1 saturated heterocycles. The first-order valence-corrected chi connectivity index (χ1v) is 8.51. The van der Waals surface area contributed by atoms with Crippen LogP contribution in [-0.2, 0) is 4.79 Å². The zero-order valence-electron chi connectivity index (χ0n) is 13.6. The number of amides is 1. The van der Waals surface area contributed by atoms with Crippen LogP contribution in [0.15, 0.2) is 22.7 Å². The van der Waals surface area contributed by atoms with Gasteiger partial charge in [-0.15, -0.1) is 0 Å². The van der Waals surface area contributed by atoms with Crippen molar-refractivity contribution in [3.8, 4) is 5.75 Å². The Morgan fingerprint density at radius 3 is 2.70 bits per heavy atom. The average molecular weight is 384 g/mol. The van der Waals surface area contributed by atoms with Gasteiger partial charge < -0.3 is 14.7 Å². The molecule has 0 aliphatic carbocycles. The third-order valence-corrected chi connectivity index (χ3v) is 4.53. The van der Waals surface area contributed by atoms with Crippen LogP contribution in [-0.4, -0.2) is 41.1 Å². The van der Waals surface area contributed by atoms with Crippen molar-refractivity contribution in [2.45, 2.75) is 39.7 Å². The minimum absolute atomic E-state index is 0.0542. The third-order valence-electron chi connectivity index (χ3n) is 4.04. The van der Waals surface area contributed by atoms with Crippen molar-refractivity contribution in [2.24, 2.45) is 5.41 Å². The van der Waals surface area contributed by atoms with Crippen molar-refractivity contribution < 1.29 is 19.4 Å². The van der Waals surface area contributed by atoms with Gasteiger partial charge in [0.15, 0.2) is 0 Å². The van der Waals surface area contributed by atoms with E-state index in [1.165, 1.54) is 0 Å². The van der Waals surface area contributed by atoms with Crippen LogP contribution in [0.4, 0.5) is 0 Å². The summed E-state index contributed by atoms with van der Waals surface area (Å²) in [7, 11) is 0. The van der Waals surface area contributed by atoms with E-state index in [2.05, 4.69) is 15.9 Å². The molecule has 5 nitrogen and oxygen atoms in total. The smallest absolute Gasteiger partial charge is 0.311 e. The highest BCUT2D eigenvalue weighted by Crippen LogP contribution is 2.32. The maximum atomic E-state index is 12.9. The Hall–Kier alpha value is -1.56. The predicted molar refractivity (Wildman–Crippen MR) is 90.8 cm³/mol. The average Bonchev–Trinajstić information content (AvgIpc) is 2.46. The maximum Gasteiger partial charge on any atom is 0.311 e. The van der Waals surface area contributed by atoms with Gasteiger partial charge in [0.05, 0.1) is 17.1 Å². The summed E-state index contributed by atoms with van der Waals surface area (Å²) in [5, 5.41) is 9.41. The second-order valence-electron chi connectivity index (χ2n) is 6.50. The highest BCUT2D eigenvalue weighted by atomic mass is 79.9. The number of carboxylic acid groups (broad SMARTS) is 1. The molecule has 0 spiro atoms. The number of likely N-dealkylation sites (tertiary alicyclic amines) is 1. The van der Waals surface area contributed by atoms with Crippen molar-refractivity contribution in [2.75, 3.05) is 13.1 Å². The Balaban J connectivity index is 2.28. The summed E-state index contributed by atoms with van der Waals surface area (Å²) in [5.74, 6) is -0.522. The van der Waals surface area contributed by atoms with E-state index in [1.54, 1.807) is 30.0 Å². The van der Waals surface area contributed by atoms with Crippen LogP contribution in [0.3, 0.4) is 0 Å². The van der Waals surface area contributed by atoms with Gasteiger partial charge in [0, 0.05) is 17.6 Å². The van der Waals surface area contributed by atoms with Crippen molar-refractivity contribution in [3.05, 3.63) is 28.2 Å². The summed E-state index contributed by atoms with van der Waals surface area (Å²) in [5.41, 5.74) is -0.418. The Morgan fingerprint density at radius 1 is 1.39 bits per heavy atom. The first kappa shape index (κ1) is 17.8. The Labute approximate surface area is 144 Å². The van der Waals surface area contributed by atoms with Gasteiger partial charge in [-0.1, -0.05) is 15.9 Å². The molecule has 2 rings (SSSR count). The molecule has 1 unspecified atom stereocenters. The molecule has 1 fully saturated rings. The number of carbonyl (C=O) groups is 2. The molecule has 0 radical (unpaired) electrons.